The van der Waals surface area contributed by atoms with Crippen LogP contribution in [0.4, 0.5) is 28.9 Å². The van der Waals surface area contributed by atoms with Crippen molar-refractivity contribution in [3.8, 4) is 0 Å². The lowest BCUT2D eigenvalue weighted by molar-refractivity contribution is -0.125. The van der Waals surface area contributed by atoms with Gasteiger partial charge in [-0.15, -0.1) is 0 Å². The van der Waals surface area contributed by atoms with E-state index in [2.05, 4.69) is 15.8 Å². The summed E-state index contributed by atoms with van der Waals surface area (Å²) in [6.07, 6.45) is -1.42. The predicted molar refractivity (Wildman–Crippen MR) is 91.7 cm³/mol. The quantitative estimate of drug-likeness (QED) is 0.780. The third-order valence-corrected chi connectivity index (χ3v) is 3.83. The minimum absolute atomic E-state index is 0.00987. The summed E-state index contributed by atoms with van der Waals surface area (Å²) in [4.78, 5) is 28.3. The summed E-state index contributed by atoms with van der Waals surface area (Å²) in [5, 5.41) is 7.94. The van der Waals surface area contributed by atoms with Crippen LogP contribution in [-0.4, -0.2) is 23.6 Å². The van der Waals surface area contributed by atoms with Gasteiger partial charge in [0.05, 0.1) is 17.1 Å². The minimum Gasteiger partial charge on any atom is -0.382 e. The molecule has 1 aliphatic heterocycles. The van der Waals surface area contributed by atoms with Gasteiger partial charge in [-0.05, 0) is 24.3 Å². The summed E-state index contributed by atoms with van der Waals surface area (Å²) in [5.41, 5.74) is -0.869. The number of carbonyl (C=O) groups is 2. The number of nitrogens with zero attached hydrogens (tertiary/aromatic N) is 1. The van der Waals surface area contributed by atoms with E-state index < -0.39 is 46.9 Å². The number of halogens is 4. The van der Waals surface area contributed by atoms with Gasteiger partial charge in [-0.3, -0.25) is 9.59 Å². The van der Waals surface area contributed by atoms with Crippen molar-refractivity contribution in [2.75, 3.05) is 10.6 Å². The third-order valence-electron chi connectivity index (χ3n) is 3.83. The third kappa shape index (κ3) is 4.11. The van der Waals surface area contributed by atoms with Crippen molar-refractivity contribution < 1.29 is 32.0 Å². The number of carbonyl (C=O) groups excluding carboxylic acids is 2. The maximum absolute atomic E-state index is 13.9. The number of hydrogen-bond acceptors (Lipinski definition) is 4. The molecule has 0 unspecified atom stereocenters. The van der Waals surface area contributed by atoms with E-state index in [9.17, 15) is 27.2 Å². The lowest BCUT2D eigenvalue weighted by Gasteiger charge is -2.12. The van der Waals surface area contributed by atoms with Crippen LogP contribution in [0.2, 0.25) is 0 Å². The highest BCUT2D eigenvalue weighted by atomic mass is 19.1. The number of amides is 2. The largest absolute Gasteiger partial charge is 0.382 e. The van der Waals surface area contributed by atoms with Crippen LogP contribution in [0.1, 0.15) is 18.9 Å². The lowest BCUT2D eigenvalue weighted by Crippen LogP contribution is -2.28. The molecule has 6 nitrogen and oxygen atoms in total. The Morgan fingerprint density at radius 3 is 2.36 bits per heavy atom. The SMILES string of the molecule is CC(=O)Nc1cc(NC(=O)[C@H]2CC(c3cc(F)ccc3F)=NO2)c(F)cc1F. The zero-order valence-corrected chi connectivity index (χ0v) is 14.4. The molecule has 2 N–H and O–H groups in total. The van der Waals surface area contributed by atoms with Gasteiger partial charge in [0.15, 0.2) is 0 Å². The molecule has 1 aliphatic rings. The Balaban J connectivity index is 1.73. The highest BCUT2D eigenvalue weighted by molar-refractivity contribution is 6.06. The maximum atomic E-state index is 13.9. The molecule has 1 heterocycles. The zero-order valence-electron chi connectivity index (χ0n) is 14.4. The van der Waals surface area contributed by atoms with Crippen molar-refractivity contribution in [2.24, 2.45) is 5.16 Å². The molecular weight excluding hydrogens is 382 g/mol. The van der Waals surface area contributed by atoms with E-state index in [0.717, 1.165) is 31.2 Å². The fourth-order valence-corrected chi connectivity index (χ4v) is 2.54. The number of anilines is 2. The second-order valence-electron chi connectivity index (χ2n) is 5.94. The summed E-state index contributed by atoms with van der Waals surface area (Å²) in [5.74, 6) is -4.95. The average Bonchev–Trinajstić information content (AvgIpc) is 3.11. The highest BCUT2D eigenvalue weighted by Crippen LogP contribution is 2.25. The molecule has 0 aliphatic carbocycles. The molecule has 0 saturated heterocycles. The van der Waals surface area contributed by atoms with Crippen molar-refractivity contribution in [3.63, 3.8) is 0 Å². The normalized spacial score (nSPS) is 15.6. The lowest BCUT2D eigenvalue weighted by atomic mass is 10.0. The minimum atomic E-state index is -1.23. The van der Waals surface area contributed by atoms with Crippen LogP contribution in [0.5, 0.6) is 0 Å². The van der Waals surface area contributed by atoms with Crippen molar-refractivity contribution >= 4 is 28.9 Å². The molecule has 2 aromatic rings. The Morgan fingerprint density at radius 2 is 1.68 bits per heavy atom. The fraction of sp³-hybridized carbons (Fsp3) is 0.167. The Hall–Kier alpha value is -3.43. The summed E-state index contributed by atoms with van der Waals surface area (Å²) in [7, 11) is 0. The van der Waals surface area contributed by atoms with Gasteiger partial charge < -0.3 is 15.5 Å². The monoisotopic (exact) mass is 395 g/mol. The van der Waals surface area contributed by atoms with E-state index in [-0.39, 0.29) is 23.4 Å². The number of hydrogen-bond donors (Lipinski definition) is 2. The molecule has 2 aromatic carbocycles. The van der Waals surface area contributed by atoms with Gasteiger partial charge in [0.2, 0.25) is 12.0 Å². The first-order chi connectivity index (χ1) is 13.2. The van der Waals surface area contributed by atoms with Crippen LogP contribution in [0.15, 0.2) is 35.5 Å². The Bertz CT molecular complexity index is 994. The Morgan fingerprint density at radius 1 is 1.00 bits per heavy atom. The molecular formula is C18H13F4N3O3. The van der Waals surface area contributed by atoms with Crippen LogP contribution in [0.25, 0.3) is 0 Å². The first-order valence-corrected chi connectivity index (χ1v) is 8.00. The van der Waals surface area contributed by atoms with E-state index in [0.29, 0.717) is 6.07 Å². The van der Waals surface area contributed by atoms with Gasteiger partial charge in [0.25, 0.3) is 5.91 Å². The van der Waals surface area contributed by atoms with Crippen molar-refractivity contribution in [1.29, 1.82) is 0 Å². The fourth-order valence-electron chi connectivity index (χ4n) is 2.54. The Kier molecular flexibility index (Phi) is 5.30. The summed E-state index contributed by atoms with van der Waals surface area (Å²) in [6, 6.07) is 4.17. The number of nitrogens with one attached hydrogen (secondary N) is 2. The first kappa shape index (κ1) is 19.3. The number of oxime groups is 1. The maximum Gasteiger partial charge on any atom is 0.268 e. The molecule has 0 saturated carbocycles. The number of benzene rings is 2. The molecule has 146 valence electrons. The van der Waals surface area contributed by atoms with Gasteiger partial charge in [0, 0.05) is 25.0 Å². The second-order valence-corrected chi connectivity index (χ2v) is 5.94. The zero-order chi connectivity index (χ0) is 20.4. The Labute approximate surface area is 156 Å². The van der Waals surface area contributed by atoms with Crippen LogP contribution in [0.3, 0.4) is 0 Å². The van der Waals surface area contributed by atoms with E-state index in [4.69, 9.17) is 4.84 Å². The van der Waals surface area contributed by atoms with Crippen molar-refractivity contribution in [1.82, 2.24) is 0 Å². The second kappa shape index (κ2) is 7.67. The van der Waals surface area contributed by atoms with Crippen LogP contribution < -0.4 is 10.6 Å². The molecule has 0 radical (unpaired) electrons. The van der Waals surface area contributed by atoms with Gasteiger partial charge >= 0.3 is 0 Å². The molecule has 0 aromatic heterocycles. The summed E-state index contributed by atoms with van der Waals surface area (Å²) >= 11 is 0. The molecule has 3 rings (SSSR count). The molecule has 0 spiro atoms. The molecule has 1 atom stereocenters. The summed E-state index contributed by atoms with van der Waals surface area (Å²) < 4.78 is 54.7. The average molecular weight is 395 g/mol. The molecule has 10 heteroatoms. The van der Waals surface area contributed by atoms with Gasteiger partial charge in [-0.1, -0.05) is 5.16 Å². The van der Waals surface area contributed by atoms with Gasteiger partial charge in [-0.25, -0.2) is 17.6 Å². The van der Waals surface area contributed by atoms with E-state index in [1.165, 1.54) is 0 Å². The van der Waals surface area contributed by atoms with Crippen molar-refractivity contribution in [2.45, 2.75) is 19.4 Å². The van der Waals surface area contributed by atoms with Crippen LogP contribution in [0, 0.1) is 23.3 Å². The topological polar surface area (TPSA) is 79.8 Å². The van der Waals surface area contributed by atoms with E-state index in [1.807, 2.05) is 0 Å². The van der Waals surface area contributed by atoms with Gasteiger partial charge in [0.1, 0.15) is 23.3 Å². The first-order valence-electron chi connectivity index (χ1n) is 8.00. The molecule has 0 bridgehead atoms. The van der Waals surface area contributed by atoms with Gasteiger partial charge in [-0.2, -0.15) is 0 Å². The van der Waals surface area contributed by atoms with Crippen LogP contribution in [-0.2, 0) is 14.4 Å². The molecule has 2 amide bonds. The van der Waals surface area contributed by atoms with Crippen LogP contribution >= 0.6 is 0 Å². The van der Waals surface area contributed by atoms with E-state index in [1.54, 1.807) is 0 Å². The number of rotatable bonds is 4. The predicted octanol–water partition coefficient (Wildman–Crippen LogP) is 3.33. The summed E-state index contributed by atoms with van der Waals surface area (Å²) in [6.45, 7) is 1.14. The van der Waals surface area contributed by atoms with E-state index >= 15 is 0 Å². The smallest absolute Gasteiger partial charge is 0.268 e. The molecule has 28 heavy (non-hydrogen) atoms. The highest BCUT2D eigenvalue weighted by Gasteiger charge is 2.31. The van der Waals surface area contributed by atoms with Crippen molar-refractivity contribution in [3.05, 3.63) is 59.2 Å². The molecule has 0 fully saturated rings. The standard InChI is InChI=1S/C18H13F4N3O3/c1-8(26)23-15-6-16(13(22)5-12(15)21)24-18(27)17-7-14(25-28-17)10-4-9(19)2-3-11(10)20/h2-6,17H,7H2,1H3,(H,23,26)(H,24,27)/t17-/m1/s1.